The van der Waals surface area contributed by atoms with Crippen LogP contribution in [0.25, 0.3) is 22.4 Å². The summed E-state index contributed by atoms with van der Waals surface area (Å²) < 4.78 is 35.1. The average molecular weight is 534 g/mol. The predicted molar refractivity (Wildman–Crippen MR) is 144 cm³/mol. The van der Waals surface area contributed by atoms with Gasteiger partial charge in [-0.15, -0.1) is 0 Å². The number of carboxylic acids is 1. The summed E-state index contributed by atoms with van der Waals surface area (Å²) in [6.45, 7) is 4.82. The quantitative estimate of drug-likeness (QED) is 0.257. The Kier molecular flexibility index (Phi) is 8.09. The van der Waals surface area contributed by atoms with Crippen LogP contribution in [0.3, 0.4) is 0 Å². The molecule has 0 bridgehead atoms. The van der Waals surface area contributed by atoms with E-state index in [1.807, 2.05) is 48.5 Å². The molecule has 0 radical (unpaired) electrons. The van der Waals surface area contributed by atoms with Crippen LogP contribution in [0.5, 0.6) is 0 Å². The van der Waals surface area contributed by atoms with Crippen molar-refractivity contribution in [1.82, 2.24) is 9.78 Å². The fourth-order valence-electron chi connectivity index (χ4n) is 4.48. The number of aliphatic carboxylic acids is 1. The number of anilines is 1. The van der Waals surface area contributed by atoms with Gasteiger partial charge in [-0.25, -0.2) is 13.6 Å². The van der Waals surface area contributed by atoms with Crippen LogP contribution >= 0.6 is 0 Å². The van der Waals surface area contributed by atoms with E-state index in [0.717, 1.165) is 34.4 Å². The van der Waals surface area contributed by atoms with Gasteiger partial charge in [0.1, 0.15) is 17.7 Å². The van der Waals surface area contributed by atoms with E-state index in [4.69, 9.17) is 9.84 Å². The van der Waals surface area contributed by atoms with Crippen LogP contribution in [0.2, 0.25) is 0 Å². The van der Waals surface area contributed by atoms with Crippen molar-refractivity contribution < 1.29 is 28.2 Å². The van der Waals surface area contributed by atoms with Gasteiger partial charge in [-0.05, 0) is 49.1 Å². The molecule has 2 unspecified atom stereocenters. The third kappa shape index (κ3) is 6.14. The van der Waals surface area contributed by atoms with Crippen molar-refractivity contribution in [2.75, 3.05) is 5.32 Å². The summed E-state index contributed by atoms with van der Waals surface area (Å²) in [5.74, 6) is -2.87. The monoisotopic (exact) mass is 533 g/mol. The lowest BCUT2D eigenvalue weighted by molar-refractivity contribution is -0.141. The summed E-state index contributed by atoms with van der Waals surface area (Å²) in [5, 5.41) is 16.2. The number of hydrogen-bond donors (Lipinski definition) is 2. The summed E-state index contributed by atoms with van der Waals surface area (Å²) in [5.41, 5.74) is 4.96. The van der Waals surface area contributed by atoms with Crippen LogP contribution in [0.15, 0.2) is 66.7 Å². The molecule has 7 nitrogen and oxygen atoms in total. The number of amides is 1. The van der Waals surface area contributed by atoms with Crippen LogP contribution in [-0.4, -0.2) is 26.9 Å². The third-order valence-electron chi connectivity index (χ3n) is 6.55. The molecule has 0 fully saturated rings. The van der Waals surface area contributed by atoms with Gasteiger partial charge in [0, 0.05) is 12.6 Å². The van der Waals surface area contributed by atoms with E-state index in [2.05, 4.69) is 10.4 Å². The van der Waals surface area contributed by atoms with Gasteiger partial charge in [-0.1, -0.05) is 61.5 Å². The molecule has 1 aromatic heterocycles. The van der Waals surface area contributed by atoms with Crippen LogP contribution in [0, 0.1) is 24.5 Å². The van der Waals surface area contributed by atoms with Crippen LogP contribution in [0.4, 0.5) is 19.3 Å². The third-order valence-corrected chi connectivity index (χ3v) is 6.55. The van der Waals surface area contributed by atoms with Crippen LogP contribution in [0.1, 0.15) is 36.8 Å². The summed E-state index contributed by atoms with van der Waals surface area (Å²) in [4.78, 5) is 23.8. The van der Waals surface area contributed by atoms with Crippen molar-refractivity contribution in [3.8, 4) is 22.4 Å². The number of carbonyl (C=O) groups excluding carboxylic acids is 1. The minimum Gasteiger partial charge on any atom is -0.481 e. The van der Waals surface area contributed by atoms with Crippen molar-refractivity contribution >= 4 is 17.7 Å². The maximum absolute atomic E-state index is 14.1. The van der Waals surface area contributed by atoms with Gasteiger partial charge < -0.3 is 9.84 Å². The number of hydrogen-bond acceptors (Lipinski definition) is 4. The van der Waals surface area contributed by atoms with Gasteiger partial charge in [0.25, 0.3) is 0 Å². The zero-order valence-electron chi connectivity index (χ0n) is 22.0. The van der Waals surface area contributed by atoms with Crippen LogP contribution in [-0.2, 0) is 23.0 Å². The zero-order valence-corrected chi connectivity index (χ0v) is 22.0. The van der Waals surface area contributed by atoms with E-state index in [0.29, 0.717) is 23.5 Å². The second-order valence-corrected chi connectivity index (χ2v) is 9.46. The number of aryl methyl sites for hydroxylation is 2. The lowest BCUT2D eigenvalue weighted by Gasteiger charge is -2.16. The first-order valence-electron chi connectivity index (χ1n) is 12.4. The predicted octanol–water partition coefficient (Wildman–Crippen LogP) is 6.91. The molecule has 3 aromatic carbocycles. The molecule has 0 saturated carbocycles. The van der Waals surface area contributed by atoms with Crippen molar-refractivity contribution in [2.45, 2.75) is 33.3 Å². The number of benzene rings is 3. The van der Waals surface area contributed by atoms with Crippen molar-refractivity contribution in [2.24, 2.45) is 13.0 Å². The lowest BCUT2D eigenvalue weighted by atomic mass is 9.97. The van der Waals surface area contributed by atoms with Gasteiger partial charge in [-0.3, -0.25) is 14.8 Å². The highest BCUT2D eigenvalue weighted by Gasteiger charge is 2.23. The van der Waals surface area contributed by atoms with Gasteiger partial charge in [0.15, 0.2) is 0 Å². The Morgan fingerprint density at radius 1 is 0.949 bits per heavy atom. The number of carbonyl (C=O) groups is 2. The molecule has 1 amide bonds. The number of aromatic nitrogens is 2. The average Bonchev–Trinajstić information content (AvgIpc) is 3.16. The summed E-state index contributed by atoms with van der Waals surface area (Å²) in [6.07, 6.45) is -1.55. The highest BCUT2D eigenvalue weighted by molar-refractivity contribution is 5.92. The first-order valence-corrected chi connectivity index (χ1v) is 12.4. The molecule has 0 spiro atoms. The maximum Gasteiger partial charge on any atom is 0.412 e. The number of halogens is 2. The Bertz CT molecular complexity index is 1480. The van der Waals surface area contributed by atoms with E-state index in [1.165, 1.54) is 13.0 Å². The van der Waals surface area contributed by atoms with Crippen molar-refractivity contribution in [3.63, 3.8) is 0 Å². The maximum atomic E-state index is 14.1. The summed E-state index contributed by atoms with van der Waals surface area (Å²) in [7, 11) is 1.75. The first kappa shape index (κ1) is 27.5. The molecule has 4 aromatic rings. The number of nitrogens with zero attached hydrogens (tertiary/aromatic N) is 2. The van der Waals surface area contributed by atoms with E-state index >= 15 is 0 Å². The topological polar surface area (TPSA) is 93.5 Å². The Hall–Kier alpha value is -4.53. The number of rotatable bonds is 8. The van der Waals surface area contributed by atoms with Gasteiger partial charge in [0.2, 0.25) is 0 Å². The minimum absolute atomic E-state index is 0.323. The van der Waals surface area contributed by atoms with E-state index in [9.17, 15) is 18.4 Å². The molecule has 4 rings (SSSR count). The highest BCUT2D eigenvalue weighted by Crippen LogP contribution is 2.33. The second kappa shape index (κ2) is 11.5. The zero-order chi connectivity index (χ0) is 28.3. The molecule has 202 valence electrons. The minimum atomic E-state index is -1.15. The van der Waals surface area contributed by atoms with Crippen molar-refractivity contribution in [1.29, 1.82) is 0 Å². The van der Waals surface area contributed by atoms with Gasteiger partial charge in [0.05, 0.1) is 28.6 Å². The van der Waals surface area contributed by atoms with E-state index in [-0.39, 0.29) is 5.56 Å². The van der Waals surface area contributed by atoms with Crippen molar-refractivity contribution in [3.05, 3.63) is 95.2 Å². The highest BCUT2D eigenvalue weighted by atomic mass is 19.1. The largest absolute Gasteiger partial charge is 0.481 e. The molecule has 39 heavy (non-hydrogen) atoms. The Morgan fingerprint density at radius 2 is 1.49 bits per heavy atom. The normalized spacial score (nSPS) is 12.6. The van der Waals surface area contributed by atoms with E-state index in [1.54, 1.807) is 25.6 Å². The first-order chi connectivity index (χ1) is 18.5. The number of nitrogens with one attached hydrogen (secondary N) is 1. The molecule has 2 N–H and O–H groups in total. The van der Waals surface area contributed by atoms with E-state index < -0.39 is 35.7 Å². The molecule has 0 aliphatic carbocycles. The number of ether oxygens (including phenoxy) is 1. The smallest absolute Gasteiger partial charge is 0.412 e. The molecule has 0 aliphatic heterocycles. The van der Waals surface area contributed by atoms with Gasteiger partial charge in [-0.2, -0.15) is 5.10 Å². The molecular formula is C30H29F2N3O4. The van der Waals surface area contributed by atoms with Crippen LogP contribution < -0.4 is 5.32 Å². The lowest BCUT2D eigenvalue weighted by Crippen LogP contribution is -2.18. The fraction of sp³-hybridized carbons (Fsp3) is 0.233. The molecule has 2 atom stereocenters. The number of carboxylic acid groups (broad SMARTS) is 1. The molecule has 0 aliphatic rings. The van der Waals surface area contributed by atoms with Gasteiger partial charge >= 0.3 is 12.1 Å². The Labute approximate surface area is 225 Å². The second-order valence-electron chi connectivity index (χ2n) is 9.46. The standard InChI is InChI=1S/C30H29F2N3O4/c1-17(29(36)37)16-20-8-10-21(11-9-20)22-12-14-23(15-13-22)28-27(18(2)34-35(28)4)33-30(38)39-19(3)26-24(31)6-5-7-25(26)32/h5-15,17,19H,16H2,1-4H3,(H,33,38)(H,36,37). The molecular weight excluding hydrogens is 504 g/mol. The molecule has 9 heteroatoms. The molecule has 0 saturated heterocycles. The summed E-state index contributed by atoms with van der Waals surface area (Å²) >= 11 is 0. The molecule has 1 heterocycles. The SMILES string of the molecule is Cc1nn(C)c(-c2ccc(-c3ccc(CC(C)C(=O)O)cc3)cc2)c1NC(=O)OC(C)c1c(F)cccc1F. The fourth-order valence-corrected chi connectivity index (χ4v) is 4.48. The Morgan fingerprint density at radius 3 is 2.05 bits per heavy atom. The summed E-state index contributed by atoms with van der Waals surface area (Å²) in [6, 6.07) is 18.9. The Balaban J connectivity index is 1.51.